The third-order valence-corrected chi connectivity index (χ3v) is 3.96. The summed E-state index contributed by atoms with van der Waals surface area (Å²) < 4.78 is 0. The summed E-state index contributed by atoms with van der Waals surface area (Å²) in [5, 5.41) is 12.4. The summed E-state index contributed by atoms with van der Waals surface area (Å²) in [4.78, 5) is 25.5. The lowest BCUT2D eigenvalue weighted by atomic mass is 10.1. The van der Waals surface area contributed by atoms with Crippen molar-refractivity contribution in [3.05, 3.63) is 59.7 Å². The molecule has 0 saturated carbocycles. The molecule has 0 fully saturated rings. The highest BCUT2D eigenvalue weighted by Gasteiger charge is 2.15. The lowest BCUT2D eigenvalue weighted by Gasteiger charge is -2.24. The van der Waals surface area contributed by atoms with Crippen LogP contribution < -0.4 is 5.32 Å². The molecule has 0 spiro atoms. The Morgan fingerprint density at radius 1 is 1.17 bits per heavy atom. The number of carbonyl (C=O) groups excluding carboxylic acids is 2. The Labute approximate surface area is 141 Å². The molecule has 2 rings (SSSR count). The van der Waals surface area contributed by atoms with Gasteiger partial charge in [-0.1, -0.05) is 24.3 Å². The summed E-state index contributed by atoms with van der Waals surface area (Å²) >= 11 is 0. The van der Waals surface area contributed by atoms with Gasteiger partial charge in [0.15, 0.2) is 5.78 Å². The van der Waals surface area contributed by atoms with E-state index in [4.69, 9.17) is 0 Å². The highest BCUT2D eigenvalue weighted by molar-refractivity contribution is 5.97. The minimum atomic E-state index is -0.162. The van der Waals surface area contributed by atoms with Crippen molar-refractivity contribution in [1.82, 2.24) is 4.90 Å². The Kier molecular flexibility index (Phi) is 5.71. The number of rotatable bonds is 6. The second kappa shape index (κ2) is 7.75. The molecule has 0 aromatic heterocycles. The van der Waals surface area contributed by atoms with Crippen molar-refractivity contribution in [1.29, 1.82) is 0 Å². The fourth-order valence-corrected chi connectivity index (χ4v) is 2.42. The molecule has 0 bridgehead atoms. The Morgan fingerprint density at radius 3 is 2.54 bits per heavy atom. The van der Waals surface area contributed by atoms with E-state index in [1.165, 1.54) is 6.92 Å². The van der Waals surface area contributed by atoms with Gasteiger partial charge in [-0.3, -0.25) is 14.5 Å². The van der Waals surface area contributed by atoms with Crippen molar-refractivity contribution in [3.63, 3.8) is 0 Å². The van der Waals surface area contributed by atoms with Gasteiger partial charge in [-0.2, -0.15) is 0 Å². The second-order valence-electron chi connectivity index (χ2n) is 5.87. The van der Waals surface area contributed by atoms with Crippen molar-refractivity contribution in [3.8, 4) is 5.75 Å². The first-order chi connectivity index (χ1) is 11.4. The Hall–Kier alpha value is -2.66. The normalized spacial score (nSPS) is 12.0. The molecular formula is C19H22N2O3. The number of Topliss-reactive ketones (excluding diaryl/α,β-unsaturated/α-hetero) is 1. The molecule has 24 heavy (non-hydrogen) atoms. The molecule has 0 heterocycles. The van der Waals surface area contributed by atoms with Crippen LogP contribution in [0.15, 0.2) is 48.5 Å². The maximum absolute atomic E-state index is 12.2. The van der Waals surface area contributed by atoms with E-state index in [9.17, 15) is 14.7 Å². The number of nitrogens with one attached hydrogen (secondary N) is 1. The number of likely N-dealkylation sites (N-methyl/N-ethyl adjacent to an activating group) is 1. The van der Waals surface area contributed by atoms with Gasteiger partial charge in [0.25, 0.3) is 0 Å². The molecule has 5 heteroatoms. The number of nitrogens with zero attached hydrogens (tertiary/aromatic N) is 1. The largest absolute Gasteiger partial charge is 0.508 e. The van der Waals surface area contributed by atoms with Crippen molar-refractivity contribution in [2.24, 2.45) is 0 Å². The number of hydrogen-bond acceptors (Lipinski definition) is 4. The van der Waals surface area contributed by atoms with Crippen molar-refractivity contribution >= 4 is 17.4 Å². The van der Waals surface area contributed by atoms with Crippen LogP contribution in [-0.4, -0.2) is 35.3 Å². The summed E-state index contributed by atoms with van der Waals surface area (Å²) in [7, 11) is 1.85. The summed E-state index contributed by atoms with van der Waals surface area (Å²) in [6, 6.07) is 13.9. The fraction of sp³-hybridized carbons (Fsp3) is 0.263. The van der Waals surface area contributed by atoms with E-state index in [0.717, 1.165) is 5.56 Å². The fourth-order valence-electron chi connectivity index (χ4n) is 2.42. The highest BCUT2D eigenvalue weighted by atomic mass is 16.3. The lowest BCUT2D eigenvalue weighted by Crippen LogP contribution is -2.32. The smallest absolute Gasteiger partial charge is 0.238 e. The third-order valence-electron chi connectivity index (χ3n) is 3.96. The first-order valence-corrected chi connectivity index (χ1v) is 7.77. The predicted octanol–water partition coefficient (Wildman–Crippen LogP) is 3.23. The van der Waals surface area contributed by atoms with Crippen LogP contribution in [0, 0.1) is 0 Å². The molecule has 5 nitrogen and oxygen atoms in total. The standard InChI is InChI=1S/C19H22N2O3/c1-13(15-6-5-9-18(23)11-15)21(3)12-19(24)20-17-8-4-7-16(10-17)14(2)22/h4-11,13,23H,12H2,1-3H3,(H,20,24)/t13-/m1/s1. The van der Waals surface area contributed by atoms with Gasteiger partial charge in [0.1, 0.15) is 5.75 Å². The molecule has 0 saturated heterocycles. The van der Waals surface area contributed by atoms with Gasteiger partial charge in [0.05, 0.1) is 6.54 Å². The average molecular weight is 326 g/mol. The number of benzene rings is 2. The lowest BCUT2D eigenvalue weighted by molar-refractivity contribution is -0.117. The number of hydrogen-bond donors (Lipinski definition) is 2. The number of ketones is 1. The van der Waals surface area contributed by atoms with Crippen LogP contribution in [0.25, 0.3) is 0 Å². The number of carbonyl (C=O) groups is 2. The molecule has 1 atom stereocenters. The van der Waals surface area contributed by atoms with E-state index in [-0.39, 0.29) is 30.0 Å². The topological polar surface area (TPSA) is 69.6 Å². The first kappa shape index (κ1) is 17.7. The molecule has 0 aliphatic carbocycles. The maximum atomic E-state index is 12.2. The van der Waals surface area contributed by atoms with E-state index in [2.05, 4.69) is 5.32 Å². The molecule has 0 aliphatic rings. The molecule has 2 N–H and O–H groups in total. The monoisotopic (exact) mass is 326 g/mol. The quantitative estimate of drug-likeness (QED) is 0.800. The van der Waals surface area contributed by atoms with Crippen LogP contribution >= 0.6 is 0 Å². The minimum Gasteiger partial charge on any atom is -0.508 e. The highest BCUT2D eigenvalue weighted by Crippen LogP contribution is 2.22. The van der Waals surface area contributed by atoms with Gasteiger partial charge in [-0.05, 0) is 50.7 Å². The van der Waals surface area contributed by atoms with Gasteiger partial charge >= 0.3 is 0 Å². The minimum absolute atomic E-state index is 0.0218. The first-order valence-electron chi connectivity index (χ1n) is 7.77. The summed E-state index contributed by atoms with van der Waals surface area (Å²) in [6.45, 7) is 3.66. The molecule has 0 radical (unpaired) electrons. The van der Waals surface area contributed by atoms with Crippen LogP contribution in [0.1, 0.15) is 35.8 Å². The van der Waals surface area contributed by atoms with E-state index < -0.39 is 0 Å². The van der Waals surface area contributed by atoms with Crippen LogP contribution in [0.4, 0.5) is 5.69 Å². The second-order valence-corrected chi connectivity index (χ2v) is 5.87. The van der Waals surface area contributed by atoms with Gasteiger partial charge in [0, 0.05) is 17.3 Å². The Morgan fingerprint density at radius 2 is 1.88 bits per heavy atom. The molecule has 126 valence electrons. The SMILES string of the molecule is CC(=O)c1cccc(NC(=O)CN(C)[C@H](C)c2cccc(O)c2)c1. The number of phenols is 1. The zero-order valence-electron chi connectivity index (χ0n) is 14.1. The van der Waals surface area contributed by atoms with Gasteiger partial charge < -0.3 is 10.4 Å². The Bertz CT molecular complexity index is 743. The van der Waals surface area contributed by atoms with Crippen LogP contribution in [0.5, 0.6) is 5.75 Å². The number of anilines is 1. The Balaban J connectivity index is 1.98. The molecule has 2 aromatic carbocycles. The number of amides is 1. The summed E-state index contributed by atoms with van der Waals surface area (Å²) in [5.41, 5.74) is 2.10. The molecule has 2 aromatic rings. The molecule has 1 amide bonds. The molecule has 0 aliphatic heterocycles. The van der Waals surface area contributed by atoms with Gasteiger partial charge in [-0.15, -0.1) is 0 Å². The van der Waals surface area contributed by atoms with Crippen molar-refractivity contribution in [2.45, 2.75) is 19.9 Å². The third kappa shape index (κ3) is 4.67. The van der Waals surface area contributed by atoms with E-state index in [1.807, 2.05) is 24.9 Å². The molecular weight excluding hydrogens is 304 g/mol. The summed E-state index contributed by atoms with van der Waals surface area (Å²) in [6.07, 6.45) is 0. The van der Waals surface area contributed by atoms with Gasteiger partial charge in [-0.25, -0.2) is 0 Å². The zero-order chi connectivity index (χ0) is 17.7. The van der Waals surface area contributed by atoms with E-state index in [0.29, 0.717) is 11.3 Å². The van der Waals surface area contributed by atoms with E-state index >= 15 is 0 Å². The average Bonchev–Trinajstić information content (AvgIpc) is 2.54. The molecule has 0 unspecified atom stereocenters. The predicted molar refractivity (Wildman–Crippen MR) is 94.2 cm³/mol. The zero-order valence-corrected chi connectivity index (χ0v) is 14.1. The van der Waals surface area contributed by atoms with Crippen molar-refractivity contribution in [2.75, 3.05) is 18.9 Å². The van der Waals surface area contributed by atoms with Crippen LogP contribution in [0.3, 0.4) is 0 Å². The van der Waals surface area contributed by atoms with Crippen molar-refractivity contribution < 1.29 is 14.7 Å². The number of phenolic OH excluding ortho intramolecular Hbond substituents is 1. The van der Waals surface area contributed by atoms with Crippen LogP contribution in [0.2, 0.25) is 0 Å². The maximum Gasteiger partial charge on any atom is 0.238 e. The van der Waals surface area contributed by atoms with Crippen LogP contribution in [-0.2, 0) is 4.79 Å². The van der Waals surface area contributed by atoms with Gasteiger partial charge in [0.2, 0.25) is 5.91 Å². The number of aromatic hydroxyl groups is 1. The summed E-state index contributed by atoms with van der Waals surface area (Å²) in [5.74, 6) is 0.00387. The van der Waals surface area contributed by atoms with E-state index in [1.54, 1.807) is 42.5 Å².